The molecular formula is C10H10F3N. The predicted octanol–water partition coefficient (Wildman–Crippen LogP) is 3.07. The fourth-order valence-corrected chi connectivity index (χ4v) is 1.44. The van der Waals surface area contributed by atoms with Crippen molar-refractivity contribution in [2.45, 2.75) is 25.3 Å². The van der Waals surface area contributed by atoms with Crippen molar-refractivity contribution in [3.8, 4) is 0 Å². The standard InChI is InChI=1S/C10H10F3N/c11-6-4-8(12)10(9(13)5-6)14-7-2-1-3-7/h4-5,7,14H,1-3H2. The third-order valence-electron chi connectivity index (χ3n) is 2.46. The summed E-state index contributed by atoms with van der Waals surface area (Å²) in [6, 6.07) is 1.50. The van der Waals surface area contributed by atoms with Crippen LogP contribution in [0.3, 0.4) is 0 Å². The maximum atomic E-state index is 13.1. The first kappa shape index (κ1) is 9.37. The van der Waals surface area contributed by atoms with Crippen molar-refractivity contribution in [2.24, 2.45) is 0 Å². The Morgan fingerprint density at radius 3 is 2.07 bits per heavy atom. The molecule has 0 aromatic heterocycles. The van der Waals surface area contributed by atoms with Crippen LogP contribution in [0.5, 0.6) is 0 Å². The first-order valence-electron chi connectivity index (χ1n) is 4.58. The number of halogens is 3. The van der Waals surface area contributed by atoms with Crippen molar-refractivity contribution in [2.75, 3.05) is 5.32 Å². The predicted molar refractivity (Wildman–Crippen MR) is 47.6 cm³/mol. The molecule has 2 rings (SSSR count). The molecule has 1 saturated carbocycles. The van der Waals surface area contributed by atoms with Crippen LogP contribution in [0.4, 0.5) is 18.9 Å². The minimum Gasteiger partial charge on any atom is -0.378 e. The first-order valence-corrected chi connectivity index (χ1v) is 4.58. The molecule has 4 heteroatoms. The summed E-state index contributed by atoms with van der Waals surface area (Å²) in [5, 5.41) is 2.73. The fraction of sp³-hybridized carbons (Fsp3) is 0.400. The molecule has 0 bridgehead atoms. The number of benzene rings is 1. The zero-order valence-corrected chi connectivity index (χ0v) is 7.49. The number of hydrogen-bond acceptors (Lipinski definition) is 1. The molecule has 1 nitrogen and oxygen atoms in total. The molecule has 1 N–H and O–H groups in total. The lowest BCUT2D eigenvalue weighted by Gasteiger charge is -2.27. The van der Waals surface area contributed by atoms with E-state index in [-0.39, 0.29) is 11.7 Å². The smallest absolute Gasteiger partial charge is 0.152 e. The summed E-state index contributed by atoms with van der Waals surface area (Å²) in [5.74, 6) is -2.62. The van der Waals surface area contributed by atoms with Crippen LogP contribution >= 0.6 is 0 Å². The molecule has 1 aliphatic rings. The van der Waals surface area contributed by atoms with E-state index >= 15 is 0 Å². The van der Waals surface area contributed by atoms with Gasteiger partial charge < -0.3 is 5.32 Å². The molecule has 0 amide bonds. The summed E-state index contributed by atoms with van der Waals surface area (Å²) < 4.78 is 38.7. The third-order valence-corrected chi connectivity index (χ3v) is 2.46. The van der Waals surface area contributed by atoms with E-state index in [1.165, 1.54) is 0 Å². The zero-order chi connectivity index (χ0) is 10.1. The molecule has 76 valence electrons. The van der Waals surface area contributed by atoms with Gasteiger partial charge in [-0.2, -0.15) is 0 Å². The van der Waals surface area contributed by atoms with Gasteiger partial charge in [-0.25, -0.2) is 13.2 Å². The van der Waals surface area contributed by atoms with Gasteiger partial charge in [0.1, 0.15) is 11.5 Å². The van der Waals surface area contributed by atoms with E-state index in [9.17, 15) is 13.2 Å². The highest BCUT2D eigenvalue weighted by Gasteiger charge is 2.20. The van der Waals surface area contributed by atoms with E-state index in [1.807, 2.05) is 0 Å². The van der Waals surface area contributed by atoms with Crippen LogP contribution in [0.1, 0.15) is 19.3 Å². The van der Waals surface area contributed by atoms with E-state index in [2.05, 4.69) is 5.32 Å². The lowest BCUT2D eigenvalue weighted by molar-refractivity contribution is 0.438. The molecule has 1 aromatic carbocycles. The molecule has 1 fully saturated rings. The molecule has 0 heterocycles. The Bertz CT molecular complexity index is 324. The summed E-state index contributed by atoms with van der Waals surface area (Å²) >= 11 is 0. The normalized spacial score (nSPS) is 16.5. The SMILES string of the molecule is Fc1cc(F)c(NC2CCC2)c(F)c1. The van der Waals surface area contributed by atoms with Crippen molar-refractivity contribution >= 4 is 5.69 Å². The summed E-state index contributed by atoms with van der Waals surface area (Å²) in [6.07, 6.45) is 2.90. The van der Waals surface area contributed by atoms with Gasteiger partial charge in [-0.05, 0) is 19.3 Å². The van der Waals surface area contributed by atoms with E-state index in [4.69, 9.17) is 0 Å². The fourth-order valence-electron chi connectivity index (χ4n) is 1.44. The third kappa shape index (κ3) is 1.69. The average Bonchev–Trinajstić information content (AvgIpc) is 1.98. The summed E-state index contributed by atoms with van der Waals surface area (Å²) in [7, 11) is 0. The highest BCUT2D eigenvalue weighted by Crippen LogP contribution is 2.27. The summed E-state index contributed by atoms with van der Waals surface area (Å²) in [4.78, 5) is 0. The Morgan fingerprint density at radius 2 is 1.64 bits per heavy atom. The minimum atomic E-state index is -0.890. The van der Waals surface area contributed by atoms with Gasteiger partial charge in [0.25, 0.3) is 0 Å². The second-order valence-electron chi connectivity index (χ2n) is 3.52. The van der Waals surface area contributed by atoms with Gasteiger partial charge in [0.05, 0.1) is 0 Å². The molecule has 0 aliphatic heterocycles. The van der Waals surface area contributed by atoms with Crippen LogP contribution in [0.15, 0.2) is 12.1 Å². The molecule has 0 radical (unpaired) electrons. The van der Waals surface area contributed by atoms with Gasteiger partial charge in [-0.15, -0.1) is 0 Å². The second kappa shape index (κ2) is 3.52. The van der Waals surface area contributed by atoms with Gasteiger partial charge in [-0.1, -0.05) is 0 Å². The van der Waals surface area contributed by atoms with E-state index < -0.39 is 17.5 Å². The number of rotatable bonds is 2. The van der Waals surface area contributed by atoms with E-state index in [0.717, 1.165) is 19.3 Å². The average molecular weight is 201 g/mol. The monoisotopic (exact) mass is 201 g/mol. The van der Waals surface area contributed by atoms with Crippen molar-refractivity contribution in [3.63, 3.8) is 0 Å². The first-order chi connectivity index (χ1) is 6.66. The number of anilines is 1. The van der Waals surface area contributed by atoms with Crippen LogP contribution in [0.2, 0.25) is 0 Å². The van der Waals surface area contributed by atoms with E-state index in [1.54, 1.807) is 0 Å². The second-order valence-corrected chi connectivity index (χ2v) is 3.52. The summed E-state index contributed by atoms with van der Waals surface area (Å²) in [5.41, 5.74) is -0.212. The molecule has 0 saturated heterocycles. The molecule has 0 atom stereocenters. The topological polar surface area (TPSA) is 12.0 Å². The molecule has 0 spiro atoms. The summed E-state index contributed by atoms with van der Waals surface area (Å²) in [6.45, 7) is 0. The minimum absolute atomic E-state index is 0.129. The molecule has 1 aromatic rings. The number of nitrogens with one attached hydrogen (secondary N) is 1. The van der Waals surface area contributed by atoms with Gasteiger partial charge >= 0.3 is 0 Å². The van der Waals surface area contributed by atoms with Gasteiger partial charge in [0, 0.05) is 18.2 Å². The zero-order valence-electron chi connectivity index (χ0n) is 7.49. The largest absolute Gasteiger partial charge is 0.378 e. The van der Waals surface area contributed by atoms with Crippen molar-refractivity contribution in [1.82, 2.24) is 0 Å². The quantitative estimate of drug-likeness (QED) is 0.775. The maximum Gasteiger partial charge on any atom is 0.152 e. The Balaban J connectivity index is 2.22. The molecular weight excluding hydrogens is 191 g/mol. The van der Waals surface area contributed by atoms with Crippen LogP contribution in [-0.4, -0.2) is 6.04 Å². The van der Waals surface area contributed by atoms with Crippen LogP contribution in [0, 0.1) is 17.5 Å². The van der Waals surface area contributed by atoms with Gasteiger partial charge in [0.2, 0.25) is 0 Å². The van der Waals surface area contributed by atoms with E-state index in [0.29, 0.717) is 12.1 Å². The van der Waals surface area contributed by atoms with Crippen molar-refractivity contribution < 1.29 is 13.2 Å². The molecule has 1 aliphatic carbocycles. The maximum absolute atomic E-state index is 13.1. The lowest BCUT2D eigenvalue weighted by Crippen LogP contribution is -2.28. The Labute approximate surface area is 79.9 Å². The van der Waals surface area contributed by atoms with Crippen LogP contribution in [0.25, 0.3) is 0 Å². The molecule has 0 unspecified atom stereocenters. The lowest BCUT2D eigenvalue weighted by atomic mass is 9.93. The number of hydrogen-bond donors (Lipinski definition) is 1. The highest BCUT2D eigenvalue weighted by molar-refractivity contribution is 5.47. The van der Waals surface area contributed by atoms with Gasteiger partial charge in [0.15, 0.2) is 11.6 Å². The van der Waals surface area contributed by atoms with Crippen LogP contribution < -0.4 is 5.32 Å². The van der Waals surface area contributed by atoms with Crippen molar-refractivity contribution in [3.05, 3.63) is 29.6 Å². The van der Waals surface area contributed by atoms with Crippen LogP contribution in [-0.2, 0) is 0 Å². The Morgan fingerprint density at radius 1 is 1.07 bits per heavy atom. The highest BCUT2D eigenvalue weighted by atomic mass is 19.1. The van der Waals surface area contributed by atoms with Crippen molar-refractivity contribution in [1.29, 1.82) is 0 Å². The Hall–Kier alpha value is -1.19. The van der Waals surface area contributed by atoms with Gasteiger partial charge in [-0.3, -0.25) is 0 Å². The molecule has 14 heavy (non-hydrogen) atoms. The Kier molecular flexibility index (Phi) is 2.35.